The van der Waals surface area contributed by atoms with E-state index in [1.807, 2.05) is 6.92 Å². The van der Waals surface area contributed by atoms with E-state index < -0.39 is 80.0 Å². The van der Waals surface area contributed by atoms with Crippen molar-refractivity contribution in [2.45, 2.75) is 116 Å². The van der Waals surface area contributed by atoms with E-state index in [1.165, 1.54) is 26.4 Å². The van der Waals surface area contributed by atoms with Gasteiger partial charge in [0.2, 0.25) is 5.13 Å². The summed E-state index contributed by atoms with van der Waals surface area (Å²) in [5.74, 6) is -4.89. The fraction of sp³-hybridized carbons (Fsp3) is 0.590. The second-order valence-corrected chi connectivity index (χ2v) is 18.9. The van der Waals surface area contributed by atoms with Gasteiger partial charge in [-0.15, -0.1) is 0 Å². The molecule has 4 rings (SSSR count). The van der Waals surface area contributed by atoms with Gasteiger partial charge in [0.05, 0.1) is 26.5 Å². The summed E-state index contributed by atoms with van der Waals surface area (Å²) in [5, 5.41) is 8.30. The molecule has 1 aromatic heterocycles. The highest BCUT2D eigenvalue weighted by Crippen LogP contribution is 2.49. The maximum Gasteiger partial charge on any atom is 0.407 e. The van der Waals surface area contributed by atoms with Crippen LogP contribution in [0.25, 0.3) is 0 Å². The lowest BCUT2D eigenvalue weighted by atomic mass is 9.61. The molecule has 1 fully saturated rings. The first-order valence-electron chi connectivity index (χ1n) is 19.0. The molecule has 0 bridgehead atoms. The topological polar surface area (TPSA) is 170 Å². The Labute approximate surface area is 342 Å². The number of anilines is 2. The van der Waals surface area contributed by atoms with Gasteiger partial charge in [-0.3, -0.25) is 0 Å². The molecule has 1 heterocycles. The van der Waals surface area contributed by atoms with Crippen molar-refractivity contribution in [3.05, 3.63) is 53.6 Å². The molecule has 1 aliphatic carbocycles. The molecule has 58 heavy (non-hydrogen) atoms. The van der Waals surface area contributed by atoms with Gasteiger partial charge in [-0.05, 0) is 97.1 Å². The SMILES string of the molecule is CC[C@@H](NC(=O)OC(C)(C)C)C(CNc1cc(F)c(S(=O)(=O)N(Cc2ccc(OC)cc2OC)c2ncns2)c(F)c1F)CC1(CCNC(=O)OC(C)(C)C)CCC1. The lowest BCUT2D eigenvalue weighted by molar-refractivity contribution is 0.0391. The second kappa shape index (κ2) is 19.0. The van der Waals surface area contributed by atoms with Crippen molar-refractivity contribution in [1.29, 1.82) is 0 Å². The third-order valence-electron chi connectivity index (χ3n) is 9.73. The number of ether oxygens (including phenoxy) is 4. The van der Waals surface area contributed by atoms with Crippen molar-refractivity contribution >= 4 is 44.6 Å². The first-order chi connectivity index (χ1) is 27.1. The number of halogens is 3. The van der Waals surface area contributed by atoms with Gasteiger partial charge in [-0.1, -0.05) is 13.3 Å². The minimum absolute atomic E-state index is 0.0639. The van der Waals surface area contributed by atoms with Crippen molar-refractivity contribution in [1.82, 2.24) is 20.0 Å². The first-order valence-corrected chi connectivity index (χ1v) is 21.2. The van der Waals surface area contributed by atoms with Gasteiger partial charge >= 0.3 is 12.2 Å². The van der Waals surface area contributed by atoms with Crippen molar-refractivity contribution in [3.8, 4) is 11.5 Å². The van der Waals surface area contributed by atoms with Crippen LogP contribution in [0.3, 0.4) is 0 Å². The lowest BCUT2D eigenvalue weighted by Crippen LogP contribution is -2.47. The smallest absolute Gasteiger partial charge is 0.407 e. The van der Waals surface area contributed by atoms with E-state index in [4.69, 9.17) is 18.9 Å². The molecule has 2 amide bonds. The van der Waals surface area contributed by atoms with Crippen LogP contribution in [0, 0.1) is 28.8 Å². The van der Waals surface area contributed by atoms with Crippen LogP contribution in [0.1, 0.15) is 92.6 Å². The van der Waals surface area contributed by atoms with Gasteiger partial charge in [-0.2, -0.15) is 4.37 Å². The molecule has 3 N–H and O–H groups in total. The van der Waals surface area contributed by atoms with Crippen LogP contribution in [0.2, 0.25) is 0 Å². The zero-order valence-corrected chi connectivity index (χ0v) is 36.1. The molecule has 1 saturated carbocycles. The Morgan fingerprint density at radius 3 is 2.21 bits per heavy atom. The number of nitrogens with zero attached hydrogens (tertiary/aromatic N) is 3. The minimum atomic E-state index is -5.15. The van der Waals surface area contributed by atoms with Crippen LogP contribution in [-0.4, -0.2) is 74.5 Å². The van der Waals surface area contributed by atoms with E-state index in [0.717, 1.165) is 25.6 Å². The molecule has 0 aliphatic heterocycles. The van der Waals surface area contributed by atoms with Crippen LogP contribution in [0.5, 0.6) is 11.5 Å². The number of hydrogen-bond acceptors (Lipinski definition) is 12. The van der Waals surface area contributed by atoms with E-state index in [2.05, 4.69) is 25.3 Å². The molecule has 3 aromatic rings. The number of carbonyl (C=O) groups excluding carboxylic acids is 2. The Balaban J connectivity index is 1.64. The second-order valence-electron chi connectivity index (χ2n) is 16.3. The number of amides is 2. The maximum absolute atomic E-state index is 16.1. The highest BCUT2D eigenvalue weighted by atomic mass is 32.2. The summed E-state index contributed by atoms with van der Waals surface area (Å²) >= 11 is 0.658. The molecule has 0 radical (unpaired) electrons. The molecule has 2 aromatic carbocycles. The van der Waals surface area contributed by atoms with Crippen molar-refractivity contribution in [2.75, 3.05) is 36.9 Å². The normalized spacial score (nSPS) is 15.0. The summed E-state index contributed by atoms with van der Waals surface area (Å²) in [4.78, 5) is 27.8. The fourth-order valence-corrected chi connectivity index (χ4v) is 9.10. The van der Waals surface area contributed by atoms with Crippen LogP contribution in [-0.2, 0) is 26.0 Å². The molecule has 0 spiro atoms. The van der Waals surface area contributed by atoms with Gasteiger partial charge in [0.25, 0.3) is 10.0 Å². The standard InChI is InChI=1S/C39H55F3N6O8S2/c1-10-28(47-36(50)56-38(5,6)7)25(20-39(14-11-15-39)16-17-43-35(49)55-37(2,3)4)21-44-29-19-27(40)33(32(42)31(29)41)58(51,52)48(34-45-23-46-57-34)22-24-12-13-26(53-8)18-30(24)54-9/h12-13,18-19,23,25,28,44H,10-11,14-17,20-22H2,1-9H3,(H,43,49)(H,47,50)/t25?,28-/m1/s1. The summed E-state index contributed by atoms with van der Waals surface area (Å²) in [6.45, 7) is 12.1. The Bertz CT molecular complexity index is 1990. The van der Waals surface area contributed by atoms with Crippen LogP contribution in [0.4, 0.5) is 33.6 Å². The van der Waals surface area contributed by atoms with Crippen LogP contribution >= 0.6 is 11.5 Å². The molecular weight excluding hydrogens is 802 g/mol. The van der Waals surface area contributed by atoms with Crippen LogP contribution < -0.4 is 29.7 Å². The van der Waals surface area contributed by atoms with Gasteiger partial charge in [0, 0.05) is 48.4 Å². The largest absolute Gasteiger partial charge is 0.497 e. The molecule has 0 saturated heterocycles. The molecule has 14 nitrogen and oxygen atoms in total. The van der Waals surface area contributed by atoms with Crippen molar-refractivity contribution in [2.24, 2.45) is 11.3 Å². The Morgan fingerprint density at radius 1 is 0.983 bits per heavy atom. The summed E-state index contributed by atoms with van der Waals surface area (Å²) in [7, 11) is -2.35. The lowest BCUT2D eigenvalue weighted by Gasteiger charge is -2.46. The van der Waals surface area contributed by atoms with E-state index in [-0.39, 0.29) is 22.8 Å². The average Bonchev–Trinajstić information content (AvgIpc) is 3.64. The molecule has 2 atom stereocenters. The average molecular weight is 857 g/mol. The number of benzene rings is 2. The third kappa shape index (κ3) is 12.0. The maximum atomic E-state index is 16.1. The van der Waals surface area contributed by atoms with Gasteiger partial charge in [-0.25, -0.2) is 40.5 Å². The van der Waals surface area contributed by atoms with Gasteiger partial charge in [0.15, 0.2) is 16.5 Å². The Hall–Kier alpha value is -4.52. The number of alkyl carbamates (subject to hydrolysis) is 2. The third-order valence-corrected chi connectivity index (χ3v) is 12.3. The summed E-state index contributed by atoms with van der Waals surface area (Å²) in [6.07, 6.45) is 3.96. The number of nitrogens with one attached hydrogen (secondary N) is 3. The Kier molecular flexibility index (Phi) is 15.2. The quantitative estimate of drug-likeness (QED) is 0.106. The molecule has 19 heteroatoms. The number of rotatable bonds is 18. The van der Waals surface area contributed by atoms with E-state index in [1.54, 1.807) is 47.6 Å². The molecular formula is C39H55F3N6O8S2. The minimum Gasteiger partial charge on any atom is -0.497 e. The number of sulfonamides is 1. The first kappa shape index (κ1) is 46.2. The van der Waals surface area contributed by atoms with Gasteiger partial charge in [0.1, 0.15) is 34.8 Å². The molecule has 322 valence electrons. The summed E-state index contributed by atoms with van der Waals surface area (Å²) in [5.41, 5.74) is -2.04. The molecule has 1 aliphatic rings. The predicted octanol–water partition coefficient (Wildman–Crippen LogP) is 8.17. The van der Waals surface area contributed by atoms with Crippen molar-refractivity contribution in [3.63, 3.8) is 0 Å². The number of carbonyl (C=O) groups is 2. The number of methoxy groups -OCH3 is 2. The van der Waals surface area contributed by atoms with Crippen LogP contribution in [0.15, 0.2) is 35.5 Å². The summed E-state index contributed by atoms with van der Waals surface area (Å²) in [6, 6.07) is 4.66. The predicted molar refractivity (Wildman–Crippen MR) is 214 cm³/mol. The highest BCUT2D eigenvalue weighted by Gasteiger charge is 2.41. The highest BCUT2D eigenvalue weighted by molar-refractivity contribution is 7.93. The van der Waals surface area contributed by atoms with Gasteiger partial charge < -0.3 is 34.9 Å². The molecule has 1 unspecified atom stereocenters. The number of hydrogen-bond donors (Lipinski definition) is 3. The van der Waals surface area contributed by atoms with E-state index >= 15 is 13.2 Å². The van der Waals surface area contributed by atoms with Crippen molar-refractivity contribution < 1.29 is 50.1 Å². The zero-order chi connectivity index (χ0) is 43.1. The van der Waals surface area contributed by atoms with E-state index in [0.29, 0.717) is 59.0 Å². The number of aromatic nitrogens is 2. The zero-order valence-electron chi connectivity index (χ0n) is 34.5. The monoisotopic (exact) mass is 856 g/mol. The summed E-state index contributed by atoms with van der Waals surface area (Å²) < 4.78 is 102. The van der Waals surface area contributed by atoms with E-state index in [9.17, 15) is 18.0 Å². The fourth-order valence-electron chi connectivity index (χ4n) is 6.87. The Morgan fingerprint density at radius 2 is 1.66 bits per heavy atom.